The lowest BCUT2D eigenvalue weighted by Gasteiger charge is -2.14. The molecule has 1 heteroatoms. The monoisotopic (exact) mass is 249 g/mol. The molecule has 2 rings (SSSR count). The molecule has 2 aromatic carbocycles. The van der Waals surface area contributed by atoms with Crippen molar-refractivity contribution in [3.63, 3.8) is 0 Å². The van der Waals surface area contributed by atoms with Crippen LogP contribution < -0.4 is 5.32 Å². The van der Waals surface area contributed by atoms with E-state index in [1.165, 1.54) is 16.7 Å². The van der Waals surface area contributed by atoms with Gasteiger partial charge in [-0.2, -0.15) is 0 Å². The van der Waals surface area contributed by atoms with Gasteiger partial charge in [-0.25, -0.2) is 0 Å². The first-order valence-corrected chi connectivity index (χ1v) is 6.63. The maximum atomic E-state index is 5.25. The lowest BCUT2D eigenvalue weighted by atomic mass is 10.0. The zero-order valence-electron chi connectivity index (χ0n) is 11.3. The number of benzene rings is 2. The third kappa shape index (κ3) is 3.71. The fourth-order valence-corrected chi connectivity index (χ4v) is 2.07. The molecule has 0 aliphatic heterocycles. The van der Waals surface area contributed by atoms with Gasteiger partial charge in [-0.3, -0.25) is 0 Å². The third-order valence-electron chi connectivity index (χ3n) is 3.24. The second kappa shape index (κ2) is 6.78. The second-order valence-electron chi connectivity index (χ2n) is 4.62. The Labute approximate surface area is 115 Å². The molecule has 0 saturated heterocycles. The number of nitrogens with one attached hydrogen (secondary N) is 1. The van der Waals surface area contributed by atoms with Gasteiger partial charge in [-0.15, -0.1) is 12.3 Å². The van der Waals surface area contributed by atoms with Gasteiger partial charge < -0.3 is 5.32 Å². The van der Waals surface area contributed by atoms with E-state index in [2.05, 4.69) is 66.7 Å². The Kier molecular flexibility index (Phi) is 4.78. The Morgan fingerprint density at radius 3 is 2.26 bits per heavy atom. The molecule has 1 unspecified atom stereocenters. The van der Waals surface area contributed by atoms with Crippen LogP contribution in [0, 0.1) is 12.3 Å². The number of hydrogen-bond donors (Lipinski definition) is 1. The Morgan fingerprint density at radius 2 is 1.63 bits per heavy atom. The SMILES string of the molecule is C#CCCNC(C)c1ccc(-c2ccccc2)cc1. The standard InChI is InChI=1S/C18H19N/c1-3-4-14-19-15(2)16-10-12-18(13-11-16)17-8-6-5-7-9-17/h1,5-13,15,19H,4,14H2,2H3. The average Bonchev–Trinajstić information content (AvgIpc) is 2.48. The van der Waals surface area contributed by atoms with Gasteiger partial charge in [0.15, 0.2) is 0 Å². The lowest BCUT2D eigenvalue weighted by molar-refractivity contribution is 0.584. The number of rotatable bonds is 5. The largest absolute Gasteiger partial charge is 0.309 e. The minimum Gasteiger partial charge on any atom is -0.309 e. The summed E-state index contributed by atoms with van der Waals surface area (Å²) in [6, 6.07) is 19.4. The highest BCUT2D eigenvalue weighted by Gasteiger charge is 2.04. The van der Waals surface area contributed by atoms with Gasteiger partial charge in [0.2, 0.25) is 0 Å². The zero-order chi connectivity index (χ0) is 13.5. The number of hydrogen-bond acceptors (Lipinski definition) is 1. The van der Waals surface area contributed by atoms with Crippen LogP contribution in [0.2, 0.25) is 0 Å². The zero-order valence-corrected chi connectivity index (χ0v) is 11.3. The van der Waals surface area contributed by atoms with Crippen LogP contribution in [-0.2, 0) is 0 Å². The van der Waals surface area contributed by atoms with Crippen LogP contribution in [-0.4, -0.2) is 6.54 Å². The molecule has 0 spiro atoms. The molecule has 0 amide bonds. The summed E-state index contributed by atoms with van der Waals surface area (Å²) in [6.45, 7) is 3.02. The van der Waals surface area contributed by atoms with Gasteiger partial charge in [0.1, 0.15) is 0 Å². The van der Waals surface area contributed by atoms with Crippen molar-refractivity contribution in [2.24, 2.45) is 0 Å². The van der Waals surface area contributed by atoms with Crippen LogP contribution in [0.15, 0.2) is 54.6 Å². The summed E-state index contributed by atoms with van der Waals surface area (Å²) in [4.78, 5) is 0. The maximum Gasteiger partial charge on any atom is 0.0292 e. The Bertz CT molecular complexity index is 534. The molecule has 0 fully saturated rings. The van der Waals surface area contributed by atoms with Crippen LogP contribution in [0.1, 0.15) is 24.9 Å². The lowest BCUT2D eigenvalue weighted by Crippen LogP contribution is -2.19. The highest BCUT2D eigenvalue weighted by atomic mass is 14.9. The van der Waals surface area contributed by atoms with Crippen molar-refractivity contribution in [3.8, 4) is 23.5 Å². The minimum atomic E-state index is 0.332. The molecule has 2 aromatic rings. The van der Waals surface area contributed by atoms with E-state index in [1.807, 2.05) is 6.07 Å². The molecule has 1 atom stereocenters. The smallest absolute Gasteiger partial charge is 0.0292 e. The summed E-state index contributed by atoms with van der Waals surface area (Å²) >= 11 is 0. The molecule has 0 aliphatic rings. The van der Waals surface area contributed by atoms with E-state index < -0.39 is 0 Å². The van der Waals surface area contributed by atoms with Crippen LogP contribution in [0.5, 0.6) is 0 Å². The van der Waals surface area contributed by atoms with Gasteiger partial charge in [0, 0.05) is 19.0 Å². The fourth-order valence-electron chi connectivity index (χ4n) is 2.07. The normalized spacial score (nSPS) is 11.8. The topological polar surface area (TPSA) is 12.0 Å². The first kappa shape index (κ1) is 13.4. The summed E-state index contributed by atoms with van der Waals surface area (Å²) in [5.41, 5.74) is 3.79. The molecule has 0 bridgehead atoms. The predicted octanol–water partition coefficient (Wildman–Crippen LogP) is 4.03. The van der Waals surface area contributed by atoms with E-state index in [4.69, 9.17) is 6.42 Å². The van der Waals surface area contributed by atoms with E-state index in [9.17, 15) is 0 Å². The summed E-state index contributed by atoms with van der Waals surface area (Å²) in [7, 11) is 0. The molecule has 96 valence electrons. The van der Waals surface area contributed by atoms with Crippen molar-refractivity contribution < 1.29 is 0 Å². The van der Waals surface area contributed by atoms with Crippen LogP contribution >= 0.6 is 0 Å². The molecule has 0 saturated carbocycles. The van der Waals surface area contributed by atoms with Crippen molar-refractivity contribution in [3.05, 3.63) is 60.2 Å². The van der Waals surface area contributed by atoms with Crippen LogP contribution in [0.25, 0.3) is 11.1 Å². The van der Waals surface area contributed by atoms with E-state index >= 15 is 0 Å². The summed E-state index contributed by atoms with van der Waals surface area (Å²) in [5.74, 6) is 2.64. The van der Waals surface area contributed by atoms with E-state index in [1.54, 1.807) is 0 Å². The molecule has 0 aliphatic carbocycles. The molecular formula is C18H19N. The van der Waals surface area contributed by atoms with Crippen molar-refractivity contribution in [1.82, 2.24) is 5.32 Å². The molecule has 0 heterocycles. The van der Waals surface area contributed by atoms with Crippen molar-refractivity contribution in [1.29, 1.82) is 0 Å². The van der Waals surface area contributed by atoms with Gasteiger partial charge in [0.25, 0.3) is 0 Å². The van der Waals surface area contributed by atoms with Crippen LogP contribution in [0.3, 0.4) is 0 Å². The van der Waals surface area contributed by atoms with Gasteiger partial charge in [0.05, 0.1) is 0 Å². The van der Waals surface area contributed by atoms with Crippen LogP contribution in [0.4, 0.5) is 0 Å². The van der Waals surface area contributed by atoms with E-state index in [0.717, 1.165) is 13.0 Å². The molecule has 1 nitrogen and oxygen atoms in total. The maximum absolute atomic E-state index is 5.25. The molecule has 19 heavy (non-hydrogen) atoms. The Balaban J connectivity index is 2.04. The predicted molar refractivity (Wildman–Crippen MR) is 81.7 cm³/mol. The average molecular weight is 249 g/mol. The first-order chi connectivity index (χ1) is 9.31. The Hall–Kier alpha value is -2.04. The highest BCUT2D eigenvalue weighted by Crippen LogP contribution is 2.21. The van der Waals surface area contributed by atoms with Crippen molar-refractivity contribution >= 4 is 0 Å². The summed E-state index contributed by atoms with van der Waals surface area (Å²) < 4.78 is 0. The van der Waals surface area contributed by atoms with Gasteiger partial charge >= 0.3 is 0 Å². The van der Waals surface area contributed by atoms with Crippen molar-refractivity contribution in [2.75, 3.05) is 6.54 Å². The molecular weight excluding hydrogens is 230 g/mol. The van der Waals surface area contributed by atoms with Gasteiger partial charge in [-0.05, 0) is 23.6 Å². The van der Waals surface area contributed by atoms with E-state index in [0.29, 0.717) is 6.04 Å². The third-order valence-corrected chi connectivity index (χ3v) is 3.24. The molecule has 0 radical (unpaired) electrons. The summed E-state index contributed by atoms with van der Waals surface area (Å²) in [6.07, 6.45) is 6.02. The molecule has 0 aromatic heterocycles. The van der Waals surface area contributed by atoms with Gasteiger partial charge in [-0.1, -0.05) is 54.6 Å². The summed E-state index contributed by atoms with van der Waals surface area (Å²) in [5, 5.41) is 3.42. The highest BCUT2D eigenvalue weighted by molar-refractivity contribution is 5.63. The number of terminal acetylenes is 1. The quantitative estimate of drug-likeness (QED) is 0.623. The fraction of sp³-hybridized carbons (Fsp3) is 0.222. The first-order valence-electron chi connectivity index (χ1n) is 6.63. The minimum absolute atomic E-state index is 0.332. The molecule has 1 N–H and O–H groups in total. The van der Waals surface area contributed by atoms with E-state index in [-0.39, 0.29) is 0 Å². The van der Waals surface area contributed by atoms with Crippen molar-refractivity contribution in [2.45, 2.75) is 19.4 Å². The Morgan fingerprint density at radius 1 is 1.00 bits per heavy atom. The second-order valence-corrected chi connectivity index (χ2v) is 4.62.